The topological polar surface area (TPSA) is 108 Å². The highest BCUT2D eigenvalue weighted by Crippen LogP contribution is 2.33. The van der Waals surface area contributed by atoms with Crippen LogP contribution in [0.2, 0.25) is 0 Å². The molecule has 3 N–H and O–H groups in total. The first kappa shape index (κ1) is 30.2. The number of carbonyl (C=O) groups excluding carboxylic acids is 3. The average Bonchev–Trinajstić information content (AvgIpc) is 2.79. The highest BCUT2D eigenvalue weighted by Gasteiger charge is 2.38. The first-order chi connectivity index (χ1) is 17.7. The summed E-state index contributed by atoms with van der Waals surface area (Å²) >= 11 is 0. The van der Waals surface area contributed by atoms with Crippen molar-refractivity contribution in [3.8, 4) is 18.2 Å². The molecule has 2 rings (SSSR count). The molecule has 2 atom stereocenters. The number of amides is 3. The van der Waals surface area contributed by atoms with Crippen molar-refractivity contribution in [2.24, 2.45) is 5.92 Å². The first-order valence-corrected chi connectivity index (χ1v) is 12.6. The van der Waals surface area contributed by atoms with Crippen LogP contribution in [0.1, 0.15) is 69.3 Å². The molecule has 0 radical (unpaired) electrons. The highest BCUT2D eigenvalue weighted by atomic mass is 16.6. The second-order valence-electron chi connectivity index (χ2n) is 10.8. The number of alkyl carbamates (subject to hydrolysis) is 1. The number of rotatable bonds is 8. The standard InChI is InChI=1S/C30H39N3O5/c1-10-33(28(36)23(17-18(2)3)31-29(37)38-30(7,8)9)25(22-16-12-15-21(6)26(22)34)27(35)32-24-19(4)13-11-14-20(24)5/h1,11-16,18,23,25,34H,17H2,2-9H3,(H,31,37)(H,32,35). The van der Waals surface area contributed by atoms with Crippen LogP contribution >= 0.6 is 0 Å². The van der Waals surface area contributed by atoms with Gasteiger partial charge in [0.2, 0.25) is 0 Å². The van der Waals surface area contributed by atoms with E-state index in [0.717, 1.165) is 16.0 Å². The minimum Gasteiger partial charge on any atom is -0.507 e. The minimum atomic E-state index is -1.37. The summed E-state index contributed by atoms with van der Waals surface area (Å²) in [5.41, 5.74) is 2.15. The average molecular weight is 522 g/mol. The second-order valence-corrected chi connectivity index (χ2v) is 10.8. The zero-order valence-electron chi connectivity index (χ0n) is 23.5. The maximum absolute atomic E-state index is 13.9. The van der Waals surface area contributed by atoms with Crippen LogP contribution in [0.3, 0.4) is 0 Å². The van der Waals surface area contributed by atoms with Crippen molar-refractivity contribution in [3.05, 3.63) is 58.7 Å². The van der Waals surface area contributed by atoms with E-state index in [4.69, 9.17) is 11.2 Å². The Labute approximate surface area is 225 Å². The Morgan fingerprint density at radius 2 is 1.58 bits per heavy atom. The number of para-hydroxylation sites is 2. The van der Waals surface area contributed by atoms with E-state index < -0.39 is 35.6 Å². The van der Waals surface area contributed by atoms with E-state index in [0.29, 0.717) is 11.3 Å². The molecular formula is C30H39N3O5. The van der Waals surface area contributed by atoms with Gasteiger partial charge in [-0.25, -0.2) is 4.79 Å². The molecule has 38 heavy (non-hydrogen) atoms. The molecule has 2 aromatic rings. The summed E-state index contributed by atoms with van der Waals surface area (Å²) in [6, 6.07) is 10.4. The number of anilines is 1. The molecular weight excluding hydrogens is 482 g/mol. The summed E-state index contributed by atoms with van der Waals surface area (Å²) in [4.78, 5) is 41.2. The fourth-order valence-corrected chi connectivity index (χ4v) is 4.08. The number of hydrogen-bond acceptors (Lipinski definition) is 5. The molecule has 0 bridgehead atoms. The lowest BCUT2D eigenvalue weighted by Crippen LogP contribution is -2.51. The van der Waals surface area contributed by atoms with Crippen LogP contribution in [0.15, 0.2) is 36.4 Å². The van der Waals surface area contributed by atoms with Crippen molar-refractivity contribution < 1.29 is 24.2 Å². The Morgan fingerprint density at radius 1 is 1.03 bits per heavy atom. The number of carbonyl (C=O) groups is 3. The van der Waals surface area contributed by atoms with Crippen LogP contribution in [0, 0.1) is 39.2 Å². The van der Waals surface area contributed by atoms with Gasteiger partial charge in [0, 0.05) is 17.3 Å². The van der Waals surface area contributed by atoms with Crippen molar-refractivity contribution in [1.29, 1.82) is 0 Å². The van der Waals surface area contributed by atoms with Crippen LogP contribution in [0.5, 0.6) is 5.75 Å². The van der Waals surface area contributed by atoms with Gasteiger partial charge >= 0.3 is 6.09 Å². The Morgan fingerprint density at radius 3 is 2.11 bits per heavy atom. The van der Waals surface area contributed by atoms with Crippen LogP contribution in [-0.4, -0.2) is 39.6 Å². The number of aryl methyl sites for hydroxylation is 3. The molecule has 0 aliphatic carbocycles. The first-order valence-electron chi connectivity index (χ1n) is 12.6. The number of phenolic OH excluding ortho intramolecular Hbond substituents is 1. The fraction of sp³-hybridized carbons (Fsp3) is 0.433. The predicted octanol–water partition coefficient (Wildman–Crippen LogP) is 5.36. The summed E-state index contributed by atoms with van der Waals surface area (Å²) in [6.45, 7) is 14.3. The summed E-state index contributed by atoms with van der Waals surface area (Å²) in [5.74, 6) is -1.42. The van der Waals surface area contributed by atoms with Crippen LogP contribution in [0.25, 0.3) is 0 Å². The van der Waals surface area contributed by atoms with Gasteiger partial charge in [0.1, 0.15) is 17.4 Å². The predicted molar refractivity (Wildman–Crippen MR) is 148 cm³/mol. The molecule has 0 fully saturated rings. The maximum atomic E-state index is 13.9. The van der Waals surface area contributed by atoms with E-state index in [-0.39, 0.29) is 23.7 Å². The van der Waals surface area contributed by atoms with Crippen molar-refractivity contribution >= 4 is 23.6 Å². The molecule has 0 aliphatic rings. The summed E-state index contributed by atoms with van der Waals surface area (Å²) < 4.78 is 5.35. The van der Waals surface area contributed by atoms with Gasteiger partial charge in [-0.3, -0.25) is 14.5 Å². The molecule has 0 saturated heterocycles. The van der Waals surface area contributed by atoms with Crippen molar-refractivity contribution in [2.45, 2.75) is 79.5 Å². The largest absolute Gasteiger partial charge is 0.507 e. The van der Waals surface area contributed by atoms with E-state index in [1.165, 1.54) is 0 Å². The third kappa shape index (κ3) is 7.75. The molecule has 3 amide bonds. The molecule has 8 nitrogen and oxygen atoms in total. The third-order valence-electron chi connectivity index (χ3n) is 5.87. The lowest BCUT2D eigenvalue weighted by molar-refractivity contribution is -0.137. The van der Waals surface area contributed by atoms with E-state index in [1.54, 1.807) is 45.9 Å². The summed E-state index contributed by atoms with van der Waals surface area (Å²) in [6.07, 6.45) is 5.32. The third-order valence-corrected chi connectivity index (χ3v) is 5.87. The number of ether oxygens (including phenoxy) is 1. The minimum absolute atomic E-state index is 0.00720. The molecule has 0 aliphatic heterocycles. The lowest BCUT2D eigenvalue weighted by Gasteiger charge is -2.31. The van der Waals surface area contributed by atoms with Crippen LogP contribution in [-0.2, 0) is 14.3 Å². The zero-order valence-corrected chi connectivity index (χ0v) is 23.5. The van der Waals surface area contributed by atoms with E-state index >= 15 is 0 Å². The SMILES string of the molecule is C#CN(C(=O)C(CC(C)C)NC(=O)OC(C)(C)C)C(C(=O)Nc1c(C)cccc1C)c1cccc(C)c1O. The van der Waals surface area contributed by atoms with Gasteiger partial charge in [0.15, 0.2) is 6.04 Å². The fourth-order valence-electron chi connectivity index (χ4n) is 4.08. The molecule has 0 spiro atoms. The summed E-state index contributed by atoms with van der Waals surface area (Å²) in [5, 5.41) is 16.4. The second kappa shape index (κ2) is 12.5. The van der Waals surface area contributed by atoms with E-state index in [9.17, 15) is 19.5 Å². The Hall–Kier alpha value is -3.99. The Kier molecular flexibility index (Phi) is 9.95. The quantitative estimate of drug-likeness (QED) is 0.320. The van der Waals surface area contributed by atoms with Gasteiger partial charge in [0.25, 0.3) is 11.8 Å². The number of terminal acetylenes is 1. The molecule has 2 unspecified atom stereocenters. The van der Waals surface area contributed by atoms with Crippen molar-refractivity contribution in [2.75, 3.05) is 5.32 Å². The van der Waals surface area contributed by atoms with Gasteiger partial charge in [-0.1, -0.05) is 56.7 Å². The molecule has 2 aromatic carbocycles. The van der Waals surface area contributed by atoms with Gasteiger partial charge in [-0.05, 0) is 70.6 Å². The van der Waals surface area contributed by atoms with E-state index in [1.807, 2.05) is 45.9 Å². The monoisotopic (exact) mass is 521 g/mol. The number of aromatic hydroxyl groups is 1. The van der Waals surface area contributed by atoms with E-state index in [2.05, 4.69) is 16.7 Å². The van der Waals surface area contributed by atoms with Crippen molar-refractivity contribution in [3.63, 3.8) is 0 Å². The van der Waals surface area contributed by atoms with Gasteiger partial charge in [0.05, 0.1) is 0 Å². The number of nitrogens with zero attached hydrogens (tertiary/aromatic N) is 1. The Bertz CT molecular complexity index is 1200. The van der Waals surface area contributed by atoms with Gasteiger partial charge in [-0.2, -0.15) is 0 Å². The highest BCUT2D eigenvalue weighted by molar-refractivity contribution is 6.00. The molecule has 0 aromatic heterocycles. The van der Waals surface area contributed by atoms with Crippen LogP contribution < -0.4 is 10.6 Å². The maximum Gasteiger partial charge on any atom is 0.408 e. The molecule has 8 heteroatoms. The Balaban J connectivity index is 2.57. The van der Waals surface area contributed by atoms with Gasteiger partial charge in [-0.15, -0.1) is 0 Å². The molecule has 0 saturated carbocycles. The zero-order chi connectivity index (χ0) is 28.8. The van der Waals surface area contributed by atoms with Crippen LogP contribution in [0.4, 0.5) is 10.5 Å². The van der Waals surface area contributed by atoms with Gasteiger partial charge < -0.3 is 20.5 Å². The summed E-state index contributed by atoms with van der Waals surface area (Å²) in [7, 11) is 0. The van der Waals surface area contributed by atoms with Crippen molar-refractivity contribution in [1.82, 2.24) is 10.2 Å². The normalized spacial score (nSPS) is 12.7. The lowest BCUT2D eigenvalue weighted by atomic mass is 9.97. The number of benzene rings is 2. The molecule has 0 heterocycles. The number of phenols is 1. The smallest absolute Gasteiger partial charge is 0.408 e. The number of nitrogens with one attached hydrogen (secondary N) is 2. The molecule has 204 valence electrons. The number of hydrogen-bond donors (Lipinski definition) is 3.